The first-order valence-electron chi connectivity index (χ1n) is 11.5. The van der Waals surface area contributed by atoms with Crippen LogP contribution in [0, 0.1) is 0 Å². The average molecular weight is 480 g/mol. The van der Waals surface area contributed by atoms with Gasteiger partial charge in [-0.15, -0.1) is 0 Å². The monoisotopic (exact) mass is 479 g/mol. The minimum Gasteiger partial charge on any atom is -0.466 e. The van der Waals surface area contributed by atoms with Crippen LogP contribution >= 0.6 is 0 Å². The summed E-state index contributed by atoms with van der Waals surface area (Å²) in [6.07, 6.45) is 2.98. The highest BCUT2D eigenvalue weighted by molar-refractivity contribution is 6.15. The van der Waals surface area contributed by atoms with E-state index in [-0.39, 0.29) is 23.6 Å². The maximum absolute atomic E-state index is 13.8. The number of methoxy groups -OCH3 is 1. The second kappa shape index (κ2) is 11.1. The molecule has 0 bridgehead atoms. The van der Waals surface area contributed by atoms with Gasteiger partial charge in [0.25, 0.3) is 0 Å². The highest BCUT2D eigenvalue weighted by Crippen LogP contribution is 2.32. The molecular formula is C30H25NO5. The molecule has 3 aromatic carbocycles. The number of ether oxygens (including phenoxy) is 2. The van der Waals surface area contributed by atoms with E-state index in [1.807, 2.05) is 60.7 Å². The highest BCUT2D eigenvalue weighted by atomic mass is 16.5. The minimum atomic E-state index is -0.564. The summed E-state index contributed by atoms with van der Waals surface area (Å²) in [5.74, 6) is -1.31. The van der Waals surface area contributed by atoms with Gasteiger partial charge in [-0.2, -0.15) is 0 Å². The van der Waals surface area contributed by atoms with Crippen molar-refractivity contribution in [2.75, 3.05) is 13.7 Å². The maximum Gasteiger partial charge on any atom is 0.340 e. The van der Waals surface area contributed by atoms with Gasteiger partial charge in [0.15, 0.2) is 0 Å². The van der Waals surface area contributed by atoms with Crippen LogP contribution in [0.1, 0.15) is 38.9 Å². The van der Waals surface area contributed by atoms with Crippen LogP contribution in [0.5, 0.6) is 0 Å². The molecule has 6 nitrogen and oxygen atoms in total. The first kappa shape index (κ1) is 24.4. The molecule has 0 aliphatic rings. The van der Waals surface area contributed by atoms with Crippen LogP contribution in [0.4, 0.5) is 0 Å². The third-order valence-electron chi connectivity index (χ3n) is 5.58. The van der Waals surface area contributed by atoms with Gasteiger partial charge < -0.3 is 14.0 Å². The van der Waals surface area contributed by atoms with Gasteiger partial charge in [0.1, 0.15) is 5.69 Å². The topological polar surface area (TPSA) is 74.6 Å². The van der Waals surface area contributed by atoms with Gasteiger partial charge in [-0.1, -0.05) is 72.8 Å². The number of carbonyl (C=O) groups excluding carboxylic acids is 3. The third-order valence-corrected chi connectivity index (χ3v) is 5.58. The largest absolute Gasteiger partial charge is 0.466 e. The first-order chi connectivity index (χ1) is 17.5. The van der Waals surface area contributed by atoms with Gasteiger partial charge in [0.2, 0.25) is 5.78 Å². The van der Waals surface area contributed by atoms with Crippen molar-refractivity contribution in [1.29, 1.82) is 0 Å². The number of nitrogens with zero attached hydrogens (tertiary/aromatic N) is 1. The average Bonchev–Trinajstić information content (AvgIpc) is 3.33. The van der Waals surface area contributed by atoms with Gasteiger partial charge >= 0.3 is 11.9 Å². The van der Waals surface area contributed by atoms with Crippen LogP contribution in [-0.2, 0) is 14.3 Å². The van der Waals surface area contributed by atoms with Gasteiger partial charge in [-0.3, -0.25) is 4.79 Å². The fourth-order valence-corrected chi connectivity index (χ4v) is 3.88. The lowest BCUT2D eigenvalue weighted by Crippen LogP contribution is -2.15. The van der Waals surface area contributed by atoms with Crippen LogP contribution in [0.15, 0.2) is 97.1 Å². The molecule has 4 aromatic rings. The molecule has 0 amide bonds. The van der Waals surface area contributed by atoms with E-state index in [0.29, 0.717) is 16.9 Å². The molecule has 0 atom stereocenters. The summed E-state index contributed by atoms with van der Waals surface area (Å²) in [7, 11) is 1.32. The highest BCUT2D eigenvalue weighted by Gasteiger charge is 2.28. The number of aromatic nitrogens is 1. The summed E-state index contributed by atoms with van der Waals surface area (Å²) in [5, 5.41) is 0. The van der Waals surface area contributed by atoms with Gasteiger partial charge in [-0.05, 0) is 42.3 Å². The molecule has 0 unspecified atom stereocenters. The molecule has 0 spiro atoms. The lowest BCUT2D eigenvalue weighted by Gasteiger charge is -2.15. The van der Waals surface area contributed by atoms with Gasteiger partial charge in [0.05, 0.1) is 25.0 Å². The second-order valence-corrected chi connectivity index (χ2v) is 7.86. The van der Waals surface area contributed by atoms with Gasteiger partial charge in [-0.25, -0.2) is 9.59 Å². The lowest BCUT2D eigenvalue weighted by molar-refractivity contribution is -0.134. The van der Waals surface area contributed by atoms with Crippen LogP contribution in [0.3, 0.4) is 0 Å². The van der Waals surface area contributed by atoms with E-state index in [0.717, 1.165) is 11.1 Å². The molecule has 0 radical (unpaired) electrons. The predicted octanol–water partition coefficient (Wildman–Crippen LogP) is 5.74. The number of ketones is 1. The molecule has 0 aliphatic carbocycles. The van der Waals surface area contributed by atoms with Crippen molar-refractivity contribution in [2.45, 2.75) is 6.92 Å². The van der Waals surface area contributed by atoms with Crippen molar-refractivity contribution in [2.24, 2.45) is 0 Å². The molecule has 1 heterocycles. The number of benzene rings is 3. The molecule has 4 rings (SSSR count). The summed E-state index contributed by atoms with van der Waals surface area (Å²) < 4.78 is 11.8. The van der Waals surface area contributed by atoms with E-state index in [2.05, 4.69) is 4.74 Å². The Morgan fingerprint density at radius 3 is 2.11 bits per heavy atom. The van der Waals surface area contributed by atoms with Crippen molar-refractivity contribution in [3.63, 3.8) is 0 Å². The smallest absolute Gasteiger partial charge is 0.340 e. The standard InChI is InChI=1S/C30H25NO5/c1-3-36-30(34)25-20-26(22-10-6-4-7-11-22)31(28(25)29(33)23-12-8-5-9-13-23)24-17-14-21(15-18-24)16-19-27(32)35-2/h4-20H,3H2,1-2H3/b19-16+. The van der Waals surface area contributed by atoms with Crippen molar-refractivity contribution in [3.8, 4) is 16.9 Å². The zero-order valence-corrected chi connectivity index (χ0v) is 20.0. The summed E-state index contributed by atoms with van der Waals surface area (Å²) in [5.41, 5.74) is 3.84. The van der Waals surface area contributed by atoms with Gasteiger partial charge in [0, 0.05) is 17.3 Å². The Bertz CT molecular complexity index is 1400. The Balaban J connectivity index is 1.94. The first-order valence-corrected chi connectivity index (χ1v) is 11.5. The van der Waals surface area contributed by atoms with E-state index < -0.39 is 11.9 Å². The quantitative estimate of drug-likeness (QED) is 0.183. The van der Waals surface area contributed by atoms with Crippen molar-refractivity contribution in [3.05, 3.63) is 119 Å². The SMILES string of the molecule is CCOC(=O)c1cc(-c2ccccc2)n(-c2ccc(/C=C/C(=O)OC)cc2)c1C(=O)c1ccccc1. The molecule has 0 saturated carbocycles. The molecule has 180 valence electrons. The fourth-order valence-electron chi connectivity index (χ4n) is 3.88. The Labute approximate surface area is 209 Å². The molecule has 0 fully saturated rings. The van der Waals surface area contributed by atoms with Crippen LogP contribution in [0.2, 0.25) is 0 Å². The van der Waals surface area contributed by atoms with Crippen LogP contribution in [-0.4, -0.2) is 36.0 Å². The van der Waals surface area contributed by atoms with E-state index in [9.17, 15) is 14.4 Å². The number of esters is 2. The van der Waals surface area contributed by atoms with Crippen molar-refractivity contribution >= 4 is 23.8 Å². The van der Waals surface area contributed by atoms with E-state index in [1.54, 1.807) is 47.9 Å². The van der Waals surface area contributed by atoms with Crippen molar-refractivity contribution < 1.29 is 23.9 Å². The Morgan fingerprint density at radius 2 is 1.50 bits per heavy atom. The maximum atomic E-state index is 13.8. The molecule has 6 heteroatoms. The second-order valence-electron chi connectivity index (χ2n) is 7.86. The molecular weight excluding hydrogens is 454 g/mol. The van der Waals surface area contributed by atoms with Crippen LogP contribution in [0.25, 0.3) is 23.0 Å². The van der Waals surface area contributed by atoms with E-state index in [1.165, 1.54) is 13.2 Å². The summed E-state index contributed by atoms with van der Waals surface area (Å²) >= 11 is 0. The van der Waals surface area contributed by atoms with Crippen molar-refractivity contribution in [1.82, 2.24) is 4.57 Å². The van der Waals surface area contributed by atoms with Crippen LogP contribution < -0.4 is 0 Å². The third kappa shape index (κ3) is 5.18. The number of carbonyl (C=O) groups is 3. The van der Waals surface area contributed by atoms with E-state index in [4.69, 9.17) is 4.74 Å². The molecule has 1 aromatic heterocycles. The molecule has 0 aliphatic heterocycles. The fraction of sp³-hybridized carbons (Fsp3) is 0.100. The summed E-state index contributed by atoms with van der Waals surface area (Å²) in [6.45, 7) is 1.91. The zero-order chi connectivity index (χ0) is 25.5. The number of rotatable bonds is 8. The number of hydrogen-bond acceptors (Lipinski definition) is 5. The lowest BCUT2D eigenvalue weighted by atomic mass is 10.0. The predicted molar refractivity (Wildman–Crippen MR) is 138 cm³/mol. The molecule has 36 heavy (non-hydrogen) atoms. The summed E-state index contributed by atoms with van der Waals surface area (Å²) in [4.78, 5) is 38.3. The Kier molecular flexibility index (Phi) is 7.56. The van der Waals surface area contributed by atoms with E-state index >= 15 is 0 Å². The zero-order valence-electron chi connectivity index (χ0n) is 20.0. The molecule has 0 saturated heterocycles. The minimum absolute atomic E-state index is 0.185. The number of hydrogen-bond donors (Lipinski definition) is 0. The Morgan fingerprint density at radius 1 is 0.861 bits per heavy atom. The Hall–Kier alpha value is -4.71. The normalized spacial score (nSPS) is 10.8. The summed E-state index contributed by atoms with van der Waals surface area (Å²) in [6, 6.07) is 27.4. The molecule has 0 N–H and O–H groups in total.